The number of rotatable bonds is 3. The van der Waals surface area contributed by atoms with Gasteiger partial charge in [-0.3, -0.25) is 14.5 Å². The van der Waals surface area contributed by atoms with Crippen LogP contribution in [0.2, 0.25) is 0 Å². The third-order valence-corrected chi connectivity index (χ3v) is 5.82. The lowest BCUT2D eigenvalue weighted by Crippen LogP contribution is -2.35. The van der Waals surface area contributed by atoms with E-state index in [2.05, 4.69) is 4.90 Å². The van der Waals surface area contributed by atoms with E-state index in [-0.39, 0.29) is 11.7 Å². The maximum Gasteiger partial charge on any atom is 0.254 e. The van der Waals surface area contributed by atoms with Gasteiger partial charge in [-0.05, 0) is 30.2 Å². The van der Waals surface area contributed by atoms with Gasteiger partial charge in [-0.25, -0.2) is 0 Å². The minimum atomic E-state index is 0.00531. The van der Waals surface area contributed by atoms with Crippen LogP contribution in [0.3, 0.4) is 0 Å². The van der Waals surface area contributed by atoms with Crippen molar-refractivity contribution in [1.82, 2.24) is 9.80 Å². The van der Waals surface area contributed by atoms with E-state index in [4.69, 9.17) is 4.42 Å². The van der Waals surface area contributed by atoms with Crippen molar-refractivity contribution < 1.29 is 14.0 Å². The second-order valence-electron chi connectivity index (χ2n) is 7.60. The number of hydrogen-bond donors (Lipinski definition) is 0. The van der Waals surface area contributed by atoms with Crippen LogP contribution in [-0.2, 0) is 6.54 Å². The summed E-state index contributed by atoms with van der Waals surface area (Å²) in [6, 6.07) is 16.9. The summed E-state index contributed by atoms with van der Waals surface area (Å²) in [5.41, 5.74) is 3.59. The molecule has 3 aromatic rings. The van der Waals surface area contributed by atoms with Gasteiger partial charge in [-0.1, -0.05) is 36.4 Å². The molecule has 0 atom stereocenters. The molecule has 1 aliphatic heterocycles. The number of ketones is 1. The standard InChI is InChI=1S/C24H22N2O3/c27-23-19-8-2-1-7-18(19)22-20(23)9-3-10-21(22)24(28)26-12-5-11-25(13-14-26)16-17-6-4-15-29-17/h1-4,6-10,15H,5,11-14,16H2. The van der Waals surface area contributed by atoms with Crippen molar-refractivity contribution in [3.8, 4) is 11.1 Å². The summed E-state index contributed by atoms with van der Waals surface area (Å²) in [6.07, 6.45) is 2.61. The summed E-state index contributed by atoms with van der Waals surface area (Å²) in [5, 5.41) is 0. The zero-order valence-corrected chi connectivity index (χ0v) is 16.1. The normalized spacial score (nSPS) is 16.4. The van der Waals surface area contributed by atoms with Crippen molar-refractivity contribution >= 4 is 11.7 Å². The molecule has 1 aliphatic carbocycles. The Morgan fingerprint density at radius 3 is 2.52 bits per heavy atom. The van der Waals surface area contributed by atoms with Crippen LogP contribution in [0, 0.1) is 0 Å². The fourth-order valence-corrected chi connectivity index (χ4v) is 4.38. The second kappa shape index (κ2) is 7.33. The van der Waals surface area contributed by atoms with E-state index in [0.717, 1.165) is 42.9 Å². The minimum Gasteiger partial charge on any atom is -0.468 e. The van der Waals surface area contributed by atoms with Crippen LogP contribution in [0.15, 0.2) is 65.3 Å². The molecular weight excluding hydrogens is 364 g/mol. The Morgan fingerprint density at radius 1 is 0.862 bits per heavy atom. The van der Waals surface area contributed by atoms with Crippen molar-refractivity contribution in [3.05, 3.63) is 83.3 Å². The fourth-order valence-electron chi connectivity index (χ4n) is 4.38. The van der Waals surface area contributed by atoms with Crippen LogP contribution in [0.4, 0.5) is 0 Å². The smallest absolute Gasteiger partial charge is 0.254 e. The molecule has 5 rings (SSSR count). The van der Waals surface area contributed by atoms with Crippen LogP contribution < -0.4 is 0 Å². The van der Waals surface area contributed by atoms with Crippen molar-refractivity contribution in [2.45, 2.75) is 13.0 Å². The summed E-state index contributed by atoms with van der Waals surface area (Å²) < 4.78 is 5.46. The Balaban J connectivity index is 1.39. The van der Waals surface area contributed by atoms with Crippen LogP contribution in [0.5, 0.6) is 0 Å². The van der Waals surface area contributed by atoms with E-state index >= 15 is 0 Å². The van der Waals surface area contributed by atoms with Crippen molar-refractivity contribution in [3.63, 3.8) is 0 Å². The Hall–Kier alpha value is -3.18. The highest BCUT2D eigenvalue weighted by Gasteiger charge is 2.31. The number of nitrogens with zero attached hydrogens (tertiary/aromatic N) is 2. The number of hydrogen-bond acceptors (Lipinski definition) is 4. The molecule has 5 nitrogen and oxygen atoms in total. The van der Waals surface area contributed by atoms with Crippen LogP contribution in [0.1, 0.15) is 38.5 Å². The zero-order chi connectivity index (χ0) is 19.8. The third-order valence-electron chi connectivity index (χ3n) is 5.82. The van der Waals surface area contributed by atoms with E-state index in [1.54, 1.807) is 6.26 Å². The van der Waals surface area contributed by atoms with E-state index in [1.165, 1.54) is 0 Å². The highest BCUT2D eigenvalue weighted by atomic mass is 16.3. The molecule has 0 saturated carbocycles. The first-order valence-electron chi connectivity index (χ1n) is 10.0. The molecule has 0 bridgehead atoms. The van der Waals surface area contributed by atoms with Gasteiger partial charge in [0.1, 0.15) is 5.76 Å². The van der Waals surface area contributed by atoms with Crippen molar-refractivity contribution in [1.29, 1.82) is 0 Å². The number of fused-ring (bicyclic) bond motifs is 3. The third kappa shape index (κ3) is 3.17. The Kier molecular flexibility index (Phi) is 4.52. The summed E-state index contributed by atoms with van der Waals surface area (Å²) in [4.78, 5) is 30.4. The predicted octanol–water partition coefficient (Wildman–Crippen LogP) is 3.84. The summed E-state index contributed by atoms with van der Waals surface area (Å²) in [7, 11) is 0. The van der Waals surface area contributed by atoms with Gasteiger partial charge in [0.2, 0.25) is 0 Å². The lowest BCUT2D eigenvalue weighted by atomic mass is 9.98. The number of benzene rings is 2. The monoisotopic (exact) mass is 386 g/mol. The number of carbonyl (C=O) groups is 2. The first-order valence-corrected chi connectivity index (χ1v) is 10.0. The van der Waals surface area contributed by atoms with Gasteiger partial charge in [-0.15, -0.1) is 0 Å². The molecule has 2 heterocycles. The average Bonchev–Trinajstić information content (AvgIpc) is 3.28. The molecule has 1 fully saturated rings. The topological polar surface area (TPSA) is 53.8 Å². The molecule has 1 aromatic heterocycles. The molecule has 146 valence electrons. The van der Waals surface area contributed by atoms with Crippen molar-refractivity contribution in [2.24, 2.45) is 0 Å². The molecule has 5 heteroatoms. The molecule has 2 aromatic carbocycles. The lowest BCUT2D eigenvalue weighted by Gasteiger charge is -2.22. The van der Waals surface area contributed by atoms with Crippen LogP contribution in [-0.4, -0.2) is 47.7 Å². The lowest BCUT2D eigenvalue weighted by molar-refractivity contribution is 0.0761. The summed E-state index contributed by atoms with van der Waals surface area (Å²) in [5.74, 6) is 0.956. The SMILES string of the molecule is O=C1c2ccccc2-c2c1cccc2C(=O)N1CCCN(Cc2ccco2)CC1. The Bertz CT molecular complexity index is 1070. The number of furan rings is 1. The van der Waals surface area contributed by atoms with E-state index in [0.29, 0.717) is 29.8 Å². The maximum absolute atomic E-state index is 13.4. The van der Waals surface area contributed by atoms with Crippen LogP contribution >= 0.6 is 0 Å². The van der Waals surface area contributed by atoms with Gasteiger partial charge in [0.15, 0.2) is 5.78 Å². The van der Waals surface area contributed by atoms with Crippen LogP contribution in [0.25, 0.3) is 11.1 Å². The van der Waals surface area contributed by atoms with Gasteiger partial charge < -0.3 is 9.32 Å². The van der Waals surface area contributed by atoms with Gasteiger partial charge in [0.25, 0.3) is 5.91 Å². The molecule has 1 saturated heterocycles. The first-order chi connectivity index (χ1) is 14.2. The van der Waals surface area contributed by atoms with E-state index < -0.39 is 0 Å². The Morgan fingerprint density at radius 2 is 1.69 bits per heavy atom. The van der Waals surface area contributed by atoms with E-state index in [9.17, 15) is 9.59 Å². The molecule has 1 amide bonds. The highest BCUT2D eigenvalue weighted by Crippen LogP contribution is 2.39. The molecule has 0 radical (unpaired) electrons. The van der Waals surface area contributed by atoms with E-state index in [1.807, 2.05) is 59.5 Å². The summed E-state index contributed by atoms with van der Waals surface area (Å²) >= 11 is 0. The molecule has 2 aliphatic rings. The van der Waals surface area contributed by atoms with Gasteiger partial charge in [0, 0.05) is 48.4 Å². The van der Waals surface area contributed by atoms with Crippen molar-refractivity contribution in [2.75, 3.05) is 26.2 Å². The summed E-state index contributed by atoms with van der Waals surface area (Å²) in [6.45, 7) is 3.87. The van der Waals surface area contributed by atoms with Gasteiger partial charge >= 0.3 is 0 Å². The number of amides is 1. The first kappa shape index (κ1) is 17.9. The fraction of sp³-hybridized carbons (Fsp3) is 0.250. The largest absolute Gasteiger partial charge is 0.468 e. The average molecular weight is 386 g/mol. The quantitative estimate of drug-likeness (QED) is 0.537. The van der Waals surface area contributed by atoms with Gasteiger partial charge in [0.05, 0.1) is 12.8 Å². The van der Waals surface area contributed by atoms with Gasteiger partial charge in [-0.2, -0.15) is 0 Å². The highest BCUT2D eigenvalue weighted by molar-refractivity contribution is 6.24. The zero-order valence-electron chi connectivity index (χ0n) is 16.1. The molecule has 0 spiro atoms. The number of carbonyl (C=O) groups excluding carboxylic acids is 2. The molecule has 0 N–H and O–H groups in total. The minimum absolute atomic E-state index is 0.00531. The molecule has 29 heavy (non-hydrogen) atoms. The molecule has 0 unspecified atom stereocenters. The molecular formula is C24H22N2O3. The maximum atomic E-state index is 13.4. The predicted molar refractivity (Wildman–Crippen MR) is 110 cm³/mol. The Labute approximate surface area is 169 Å². The second-order valence-corrected chi connectivity index (χ2v) is 7.60.